The summed E-state index contributed by atoms with van der Waals surface area (Å²) in [5.41, 5.74) is 1.49. The minimum absolute atomic E-state index is 0.162. The molecule has 0 bridgehead atoms. The number of quaternary nitrogens is 1. The maximum absolute atomic E-state index is 5.44. The van der Waals surface area contributed by atoms with Crippen LogP contribution in [0, 0.1) is 0 Å². The molecule has 1 fully saturated rings. The van der Waals surface area contributed by atoms with Gasteiger partial charge in [0, 0.05) is 6.54 Å². The second kappa shape index (κ2) is 8.46. The third kappa shape index (κ3) is 5.55. The highest BCUT2D eigenvalue weighted by Gasteiger charge is 2.32. The van der Waals surface area contributed by atoms with Gasteiger partial charge in [0.05, 0.1) is 19.8 Å². The fraction of sp³-hybridized carbons (Fsp3) is 0.588. The Kier molecular flexibility index (Phi) is 6.61. The zero-order chi connectivity index (χ0) is 15.8. The zero-order valence-electron chi connectivity index (χ0n) is 13.7. The number of benzene rings is 1. The average Bonchev–Trinajstić information content (AvgIpc) is 2.55. The second-order valence-corrected chi connectivity index (χ2v) is 6.85. The van der Waals surface area contributed by atoms with Crippen LogP contribution in [0.1, 0.15) is 19.4 Å². The smallest absolute Gasteiger partial charge is 0.166 e. The monoisotopic (exact) mass is 322 g/mol. The van der Waals surface area contributed by atoms with Gasteiger partial charge in [-0.3, -0.25) is 0 Å². The third-order valence-electron chi connectivity index (χ3n) is 4.29. The molecule has 0 amide bonds. The van der Waals surface area contributed by atoms with Crippen molar-refractivity contribution in [1.82, 2.24) is 10.6 Å². The quantitative estimate of drug-likeness (QED) is 0.663. The van der Waals surface area contributed by atoms with Crippen molar-refractivity contribution in [2.24, 2.45) is 0 Å². The number of hydrogen-bond donors (Lipinski definition) is 3. The van der Waals surface area contributed by atoms with Crippen molar-refractivity contribution in [2.45, 2.75) is 25.8 Å². The van der Waals surface area contributed by atoms with Crippen molar-refractivity contribution in [3.05, 3.63) is 35.9 Å². The van der Waals surface area contributed by atoms with E-state index in [0.29, 0.717) is 0 Å². The van der Waals surface area contributed by atoms with Crippen molar-refractivity contribution in [1.29, 1.82) is 0 Å². The number of ether oxygens (including phenoxy) is 1. The molecule has 1 heterocycles. The van der Waals surface area contributed by atoms with Gasteiger partial charge in [-0.2, -0.15) is 0 Å². The highest BCUT2D eigenvalue weighted by molar-refractivity contribution is 7.80. The van der Waals surface area contributed by atoms with E-state index in [-0.39, 0.29) is 5.54 Å². The molecule has 0 unspecified atom stereocenters. The van der Waals surface area contributed by atoms with Crippen LogP contribution in [0.5, 0.6) is 0 Å². The van der Waals surface area contributed by atoms with Crippen molar-refractivity contribution < 1.29 is 9.64 Å². The SMILES string of the molecule is CC(C)(CNC(=S)NCCc1ccccc1)[NH+]1CCOCC1. The van der Waals surface area contributed by atoms with Crippen LogP contribution >= 0.6 is 12.2 Å². The first kappa shape index (κ1) is 17.2. The summed E-state index contributed by atoms with van der Waals surface area (Å²) in [5, 5.41) is 7.41. The van der Waals surface area contributed by atoms with E-state index in [1.165, 1.54) is 5.56 Å². The summed E-state index contributed by atoms with van der Waals surface area (Å²) in [6, 6.07) is 10.5. The van der Waals surface area contributed by atoms with Gasteiger partial charge in [0.15, 0.2) is 5.11 Å². The average molecular weight is 322 g/mol. The lowest BCUT2D eigenvalue weighted by Crippen LogP contribution is -3.22. The molecule has 2 rings (SSSR count). The molecule has 0 atom stereocenters. The molecular weight excluding hydrogens is 294 g/mol. The van der Waals surface area contributed by atoms with Crippen molar-refractivity contribution in [3.8, 4) is 0 Å². The molecule has 1 aromatic rings. The Balaban J connectivity index is 1.66. The highest BCUT2D eigenvalue weighted by atomic mass is 32.1. The molecule has 5 heteroatoms. The lowest BCUT2D eigenvalue weighted by Gasteiger charge is -2.37. The molecule has 22 heavy (non-hydrogen) atoms. The minimum Gasteiger partial charge on any atom is -0.370 e. The first-order valence-electron chi connectivity index (χ1n) is 8.06. The molecule has 1 aliphatic rings. The second-order valence-electron chi connectivity index (χ2n) is 6.44. The fourth-order valence-electron chi connectivity index (χ4n) is 2.75. The largest absolute Gasteiger partial charge is 0.370 e. The lowest BCUT2D eigenvalue weighted by atomic mass is 10.0. The number of rotatable bonds is 6. The number of thiocarbonyl (C=S) groups is 1. The van der Waals surface area contributed by atoms with E-state index in [0.717, 1.165) is 50.9 Å². The molecule has 1 saturated heterocycles. The fourth-order valence-corrected chi connectivity index (χ4v) is 2.92. The molecule has 4 nitrogen and oxygen atoms in total. The van der Waals surface area contributed by atoms with E-state index in [9.17, 15) is 0 Å². The van der Waals surface area contributed by atoms with Gasteiger partial charge in [-0.15, -0.1) is 0 Å². The normalized spacial score (nSPS) is 16.3. The van der Waals surface area contributed by atoms with Crippen LogP contribution in [-0.2, 0) is 11.2 Å². The Morgan fingerprint density at radius 2 is 1.86 bits per heavy atom. The highest BCUT2D eigenvalue weighted by Crippen LogP contribution is 1.98. The maximum atomic E-state index is 5.44. The summed E-state index contributed by atoms with van der Waals surface area (Å²) in [5.74, 6) is 0. The first-order valence-corrected chi connectivity index (χ1v) is 8.47. The van der Waals surface area contributed by atoms with Gasteiger partial charge in [0.25, 0.3) is 0 Å². The van der Waals surface area contributed by atoms with Crippen LogP contribution in [-0.4, -0.2) is 50.0 Å². The van der Waals surface area contributed by atoms with E-state index in [2.05, 4.69) is 48.7 Å². The van der Waals surface area contributed by atoms with Crippen LogP contribution < -0.4 is 15.5 Å². The Morgan fingerprint density at radius 1 is 1.18 bits per heavy atom. The van der Waals surface area contributed by atoms with Gasteiger partial charge < -0.3 is 20.3 Å². The topological polar surface area (TPSA) is 37.7 Å². The van der Waals surface area contributed by atoms with E-state index < -0.39 is 0 Å². The number of nitrogens with one attached hydrogen (secondary N) is 3. The summed E-state index contributed by atoms with van der Waals surface area (Å²) in [6.45, 7) is 10.2. The van der Waals surface area contributed by atoms with Gasteiger partial charge >= 0.3 is 0 Å². The molecule has 0 aliphatic carbocycles. The first-order chi connectivity index (χ1) is 10.6. The molecule has 122 valence electrons. The van der Waals surface area contributed by atoms with E-state index in [1.807, 2.05) is 6.07 Å². The standard InChI is InChI=1S/C17H27N3OS/c1-17(2,20-10-12-21-13-11-20)14-19-16(22)18-9-8-15-6-4-3-5-7-15/h3-7H,8-14H2,1-2H3,(H2,18,19,22)/p+1. The summed E-state index contributed by atoms with van der Waals surface area (Å²) in [4.78, 5) is 1.58. The van der Waals surface area contributed by atoms with Crippen molar-refractivity contribution in [3.63, 3.8) is 0 Å². The van der Waals surface area contributed by atoms with Crippen molar-refractivity contribution in [2.75, 3.05) is 39.4 Å². The van der Waals surface area contributed by atoms with Crippen LogP contribution in [0.15, 0.2) is 30.3 Å². The van der Waals surface area contributed by atoms with Gasteiger partial charge in [-0.25, -0.2) is 0 Å². The molecule has 0 saturated carbocycles. The number of morpholine rings is 1. The zero-order valence-corrected chi connectivity index (χ0v) is 14.5. The van der Waals surface area contributed by atoms with Crippen LogP contribution in [0.3, 0.4) is 0 Å². The third-order valence-corrected chi connectivity index (χ3v) is 4.58. The molecule has 0 aromatic heterocycles. The van der Waals surface area contributed by atoms with Gasteiger partial charge in [0.2, 0.25) is 0 Å². The predicted molar refractivity (Wildman–Crippen MR) is 94.3 cm³/mol. The number of hydrogen-bond acceptors (Lipinski definition) is 2. The van der Waals surface area contributed by atoms with Crippen LogP contribution in [0.2, 0.25) is 0 Å². The Hall–Kier alpha value is -1.17. The van der Waals surface area contributed by atoms with E-state index in [1.54, 1.807) is 4.90 Å². The van der Waals surface area contributed by atoms with Crippen LogP contribution in [0.4, 0.5) is 0 Å². The lowest BCUT2D eigenvalue weighted by molar-refractivity contribution is -0.954. The Bertz CT molecular complexity index is 458. The maximum Gasteiger partial charge on any atom is 0.166 e. The molecule has 3 N–H and O–H groups in total. The van der Waals surface area contributed by atoms with E-state index in [4.69, 9.17) is 17.0 Å². The summed E-state index contributed by atoms with van der Waals surface area (Å²) >= 11 is 5.38. The predicted octanol–water partition coefficient (Wildman–Crippen LogP) is 0.387. The van der Waals surface area contributed by atoms with E-state index >= 15 is 0 Å². The summed E-state index contributed by atoms with van der Waals surface area (Å²) in [7, 11) is 0. The van der Waals surface area contributed by atoms with Crippen molar-refractivity contribution >= 4 is 17.3 Å². The van der Waals surface area contributed by atoms with Gasteiger partial charge in [0.1, 0.15) is 18.6 Å². The minimum atomic E-state index is 0.162. The summed E-state index contributed by atoms with van der Waals surface area (Å²) < 4.78 is 5.44. The Labute approximate surface area is 139 Å². The van der Waals surface area contributed by atoms with Crippen LogP contribution in [0.25, 0.3) is 0 Å². The molecule has 1 aliphatic heterocycles. The molecule has 1 aromatic carbocycles. The Morgan fingerprint density at radius 3 is 2.55 bits per heavy atom. The molecular formula is C17H28N3OS+. The van der Waals surface area contributed by atoms with Gasteiger partial charge in [-0.05, 0) is 38.0 Å². The molecule has 0 spiro atoms. The van der Waals surface area contributed by atoms with Gasteiger partial charge in [-0.1, -0.05) is 30.3 Å². The molecule has 0 radical (unpaired) electrons. The summed E-state index contributed by atoms with van der Waals surface area (Å²) in [6.07, 6.45) is 0.987.